The molecule has 0 fully saturated rings. The van der Waals surface area contributed by atoms with E-state index >= 15 is 0 Å². The van der Waals surface area contributed by atoms with Gasteiger partial charge in [-0.05, 0) is 0 Å². The van der Waals surface area contributed by atoms with Crippen molar-refractivity contribution in [1.82, 2.24) is 0 Å². The fourth-order valence-electron chi connectivity index (χ4n) is 0. The monoisotopic (exact) mass is 357 g/mol. The van der Waals surface area contributed by atoms with Crippen molar-refractivity contribution in [2.75, 3.05) is 0 Å². The molecule has 0 aromatic rings. The molecular formula is CrCuNiW. The second-order valence-electron chi connectivity index (χ2n) is 0. The Labute approximate surface area is 71.3 Å². The van der Waals surface area contributed by atoms with Crippen LogP contribution in [0.5, 0.6) is 0 Å². The first-order valence-electron chi connectivity index (χ1n) is 0. The van der Waals surface area contributed by atoms with Crippen LogP contribution in [-0.4, -0.2) is 0 Å². The van der Waals surface area contributed by atoms with Gasteiger partial charge in [-0.25, -0.2) is 0 Å². The van der Waals surface area contributed by atoms with E-state index in [2.05, 4.69) is 0 Å². The van der Waals surface area contributed by atoms with Crippen molar-refractivity contribution in [3.8, 4) is 0 Å². The van der Waals surface area contributed by atoms with Gasteiger partial charge in [0.1, 0.15) is 0 Å². The van der Waals surface area contributed by atoms with Crippen molar-refractivity contribution in [3.63, 3.8) is 0 Å². The third-order valence-corrected chi connectivity index (χ3v) is 0. The van der Waals surface area contributed by atoms with E-state index in [1.165, 1.54) is 0 Å². The first-order chi connectivity index (χ1) is 0. The van der Waals surface area contributed by atoms with Crippen LogP contribution < -0.4 is 0 Å². The first-order valence-corrected chi connectivity index (χ1v) is 0. The van der Waals surface area contributed by atoms with Gasteiger partial charge in [-0.3, -0.25) is 0 Å². The zero-order valence-electron chi connectivity index (χ0n) is 1.43. The third-order valence-electron chi connectivity index (χ3n) is 0. The van der Waals surface area contributed by atoms with Crippen molar-refractivity contribution in [1.29, 1.82) is 0 Å². The summed E-state index contributed by atoms with van der Waals surface area (Å²) in [4.78, 5) is 0. The first kappa shape index (κ1) is 34.2. The van der Waals surface area contributed by atoms with Gasteiger partial charge in [-0.1, -0.05) is 0 Å². The Morgan fingerprint density at radius 1 is 1.00 bits per heavy atom. The van der Waals surface area contributed by atoms with E-state index in [0.717, 1.165) is 0 Å². The second kappa shape index (κ2) is 18.8. The Hall–Kier alpha value is 2.23. The molecule has 0 N–H and O–H groups in total. The summed E-state index contributed by atoms with van der Waals surface area (Å²) < 4.78 is 0. The molecule has 0 aliphatic carbocycles. The van der Waals surface area contributed by atoms with E-state index in [-0.39, 0.29) is 72.0 Å². The average molecular weight is 358 g/mol. The summed E-state index contributed by atoms with van der Waals surface area (Å²) in [6.07, 6.45) is 0. The predicted octanol–water partition coefficient (Wildman–Crippen LogP) is -0.0100. The van der Waals surface area contributed by atoms with Crippen LogP contribution >= 0.6 is 0 Å². The molecule has 4 heavy (non-hydrogen) atoms. The summed E-state index contributed by atoms with van der Waals surface area (Å²) in [5.41, 5.74) is 0. The van der Waals surface area contributed by atoms with Gasteiger partial charge in [0.15, 0.2) is 0 Å². The molecule has 0 atom stereocenters. The Balaban J connectivity index is 0. The molecule has 0 aliphatic heterocycles. The molecule has 0 saturated carbocycles. The molecular weight excluding hydrogens is 358 g/mol. The number of rotatable bonds is 0. The van der Waals surface area contributed by atoms with Gasteiger partial charge in [0, 0.05) is 72.0 Å². The summed E-state index contributed by atoms with van der Waals surface area (Å²) in [5, 5.41) is 0. The summed E-state index contributed by atoms with van der Waals surface area (Å²) in [6, 6.07) is 0. The summed E-state index contributed by atoms with van der Waals surface area (Å²) >= 11 is 0. The summed E-state index contributed by atoms with van der Waals surface area (Å²) in [7, 11) is 0. The van der Waals surface area contributed by atoms with E-state index in [1.807, 2.05) is 0 Å². The maximum absolute atomic E-state index is 0. The maximum Gasteiger partial charge on any atom is 0 e. The van der Waals surface area contributed by atoms with Gasteiger partial charge in [-0.15, -0.1) is 0 Å². The zero-order valence-corrected chi connectivity index (χ0v) is 7.57. The van der Waals surface area contributed by atoms with Crippen LogP contribution in [0.4, 0.5) is 0 Å². The molecule has 4 heteroatoms. The van der Waals surface area contributed by atoms with Crippen LogP contribution in [-0.2, 0) is 72.0 Å². The van der Waals surface area contributed by atoms with E-state index in [1.54, 1.807) is 0 Å². The van der Waals surface area contributed by atoms with Gasteiger partial charge in [0.05, 0.1) is 0 Å². The van der Waals surface area contributed by atoms with Crippen LogP contribution in [0.1, 0.15) is 0 Å². The van der Waals surface area contributed by atoms with Crippen molar-refractivity contribution in [3.05, 3.63) is 0 Å². The average Bonchev–Trinajstić information content (AvgIpc) is 0. The topological polar surface area (TPSA) is 0 Å². The van der Waals surface area contributed by atoms with Gasteiger partial charge in [0.25, 0.3) is 0 Å². The summed E-state index contributed by atoms with van der Waals surface area (Å²) in [5.74, 6) is 0. The van der Waals surface area contributed by atoms with Crippen LogP contribution in [0.3, 0.4) is 0 Å². The predicted molar refractivity (Wildman–Crippen MR) is 0 cm³/mol. The Bertz CT molecular complexity index is 8.00. The molecule has 33 valence electrons. The zero-order chi connectivity index (χ0) is 0. The molecule has 0 saturated heterocycles. The van der Waals surface area contributed by atoms with E-state index in [4.69, 9.17) is 0 Å². The fourth-order valence-corrected chi connectivity index (χ4v) is 0. The fraction of sp³-hybridized carbons (Fsp3) is 0. The molecule has 0 rings (SSSR count). The Morgan fingerprint density at radius 3 is 1.00 bits per heavy atom. The van der Waals surface area contributed by atoms with Crippen molar-refractivity contribution in [2.45, 2.75) is 0 Å². The van der Waals surface area contributed by atoms with Crippen LogP contribution in [0.25, 0.3) is 0 Å². The second-order valence-corrected chi connectivity index (χ2v) is 0. The molecule has 0 spiro atoms. The molecule has 0 bridgehead atoms. The minimum Gasteiger partial charge on any atom is 0 e. The minimum absolute atomic E-state index is 0. The molecule has 0 unspecified atom stereocenters. The third kappa shape index (κ3) is 8.87. The normalized spacial score (nSPS) is 0. The van der Waals surface area contributed by atoms with Crippen LogP contribution in [0.2, 0.25) is 0 Å². The van der Waals surface area contributed by atoms with Crippen molar-refractivity contribution >= 4 is 0 Å². The molecule has 0 heterocycles. The molecule has 0 nitrogen and oxygen atoms in total. The molecule has 0 aliphatic rings. The summed E-state index contributed by atoms with van der Waals surface area (Å²) in [6.45, 7) is 0. The number of hydrogen-bond acceptors (Lipinski definition) is 0. The quantitative estimate of drug-likeness (QED) is 0.535. The van der Waals surface area contributed by atoms with Crippen molar-refractivity contribution in [2.24, 2.45) is 0 Å². The van der Waals surface area contributed by atoms with E-state index in [9.17, 15) is 0 Å². The Morgan fingerprint density at radius 2 is 1.00 bits per heavy atom. The van der Waals surface area contributed by atoms with Crippen molar-refractivity contribution < 1.29 is 72.0 Å². The molecule has 0 aromatic heterocycles. The Kier molecular flexibility index (Phi) is 161. The molecule has 0 amide bonds. The maximum atomic E-state index is 0. The molecule has 0 aromatic carbocycles. The number of hydrogen-bond donors (Lipinski definition) is 0. The van der Waals surface area contributed by atoms with Gasteiger partial charge < -0.3 is 0 Å². The van der Waals surface area contributed by atoms with E-state index in [0.29, 0.717) is 0 Å². The van der Waals surface area contributed by atoms with Gasteiger partial charge >= 0.3 is 0 Å². The van der Waals surface area contributed by atoms with Gasteiger partial charge in [0.2, 0.25) is 0 Å². The molecule has 1 radical (unpaired) electrons. The van der Waals surface area contributed by atoms with Gasteiger partial charge in [-0.2, -0.15) is 0 Å². The smallest absolute Gasteiger partial charge is 0 e. The van der Waals surface area contributed by atoms with Crippen LogP contribution in [0.15, 0.2) is 0 Å². The van der Waals surface area contributed by atoms with E-state index < -0.39 is 0 Å². The minimum atomic E-state index is 0. The largest absolute Gasteiger partial charge is 0 e. The standard InChI is InChI=1S/Cr.Cu.Ni.W. The SMILES string of the molecule is [Cr].[Cu].[Ni].[W]. The van der Waals surface area contributed by atoms with Crippen LogP contribution in [0, 0.1) is 0 Å².